The van der Waals surface area contributed by atoms with Crippen molar-refractivity contribution in [1.82, 2.24) is 5.01 Å². The minimum absolute atomic E-state index is 0.0340. The Hall–Kier alpha value is -2.01. The van der Waals surface area contributed by atoms with Gasteiger partial charge in [0.2, 0.25) is 0 Å². The number of para-hydroxylation sites is 2. The molecule has 0 aromatic heterocycles. The van der Waals surface area contributed by atoms with Gasteiger partial charge in [0.05, 0.1) is 22.7 Å². The highest BCUT2D eigenvalue weighted by molar-refractivity contribution is 7.99. The summed E-state index contributed by atoms with van der Waals surface area (Å²) in [5.41, 5.74) is 2.37. The molecule has 2 aromatic carbocycles. The van der Waals surface area contributed by atoms with Crippen LogP contribution in [0.2, 0.25) is 0 Å². The van der Waals surface area contributed by atoms with Crippen LogP contribution in [0, 0.1) is 4.91 Å². The Kier molecular flexibility index (Phi) is 3.84. The predicted octanol–water partition coefficient (Wildman–Crippen LogP) is 4.29. The number of benzene rings is 2. The third-order valence-corrected chi connectivity index (χ3v) is 4.88. The molecular formula is C16H17N3OS. The highest BCUT2D eigenvalue weighted by Gasteiger charge is 2.25. The zero-order valence-electron chi connectivity index (χ0n) is 12.1. The van der Waals surface area contributed by atoms with E-state index in [0.717, 1.165) is 6.54 Å². The molecule has 1 atom stereocenters. The maximum Gasteiger partial charge on any atom is 0.0650 e. The average Bonchev–Trinajstić information content (AvgIpc) is 2.53. The van der Waals surface area contributed by atoms with E-state index in [1.807, 2.05) is 19.1 Å². The number of likely N-dealkylation sites (N-methyl/N-ethyl adjacent to an activating group) is 1. The van der Waals surface area contributed by atoms with Gasteiger partial charge in [-0.3, -0.25) is 5.01 Å². The van der Waals surface area contributed by atoms with Crippen LogP contribution in [0.5, 0.6) is 0 Å². The lowest BCUT2D eigenvalue weighted by atomic mass is 10.2. The predicted molar refractivity (Wildman–Crippen MR) is 87.0 cm³/mol. The Morgan fingerprint density at radius 1 is 1.10 bits per heavy atom. The summed E-state index contributed by atoms with van der Waals surface area (Å²) in [6, 6.07) is 16.8. The second-order valence-electron chi connectivity index (χ2n) is 5.15. The van der Waals surface area contributed by atoms with E-state index in [0.29, 0.717) is 0 Å². The number of nitrogens with zero attached hydrogens (tertiary/aromatic N) is 3. The molecule has 2 aromatic rings. The number of rotatable bonds is 4. The summed E-state index contributed by atoms with van der Waals surface area (Å²) in [5, 5.41) is 4.48. The average molecular weight is 299 g/mol. The maximum atomic E-state index is 10.7. The molecule has 3 rings (SSSR count). The van der Waals surface area contributed by atoms with Crippen molar-refractivity contribution in [2.75, 3.05) is 18.5 Å². The second-order valence-corrected chi connectivity index (χ2v) is 6.24. The Labute approximate surface area is 128 Å². The fourth-order valence-corrected chi connectivity index (χ4v) is 3.54. The monoisotopic (exact) mass is 299 g/mol. The number of hydrogen-bond acceptors (Lipinski definition) is 4. The van der Waals surface area contributed by atoms with Gasteiger partial charge in [0.15, 0.2) is 0 Å². The van der Waals surface area contributed by atoms with Crippen LogP contribution in [-0.2, 0) is 0 Å². The molecule has 0 amide bonds. The lowest BCUT2D eigenvalue weighted by Gasteiger charge is -2.35. The maximum absolute atomic E-state index is 10.7. The smallest absolute Gasteiger partial charge is 0.0650 e. The minimum atomic E-state index is 0.0340. The van der Waals surface area contributed by atoms with Crippen LogP contribution in [0.15, 0.2) is 63.6 Å². The van der Waals surface area contributed by atoms with Crippen LogP contribution in [0.25, 0.3) is 0 Å². The number of fused-ring (bicyclic) bond motifs is 2. The van der Waals surface area contributed by atoms with Crippen LogP contribution in [0.3, 0.4) is 0 Å². The minimum Gasteiger partial charge on any atom is -0.337 e. The molecule has 0 aliphatic carbocycles. The number of nitroso groups, excluding NO2 is 1. The fourth-order valence-electron chi connectivity index (χ4n) is 2.44. The van der Waals surface area contributed by atoms with Gasteiger partial charge in [-0.2, -0.15) is 0 Å². The molecule has 21 heavy (non-hydrogen) atoms. The molecule has 108 valence electrons. The summed E-state index contributed by atoms with van der Waals surface area (Å²) in [4.78, 5) is 15.5. The van der Waals surface area contributed by atoms with E-state index in [-0.39, 0.29) is 6.04 Å². The van der Waals surface area contributed by atoms with Crippen LogP contribution >= 0.6 is 11.8 Å². The summed E-state index contributed by atoms with van der Waals surface area (Å²) in [6.45, 7) is 2.73. The fraction of sp³-hybridized carbons (Fsp3) is 0.250. The van der Waals surface area contributed by atoms with Gasteiger partial charge in [0, 0.05) is 23.4 Å². The molecule has 1 aliphatic heterocycles. The van der Waals surface area contributed by atoms with Crippen molar-refractivity contribution in [3.63, 3.8) is 0 Å². The van der Waals surface area contributed by atoms with E-state index in [1.54, 1.807) is 18.8 Å². The Bertz CT molecular complexity index is 616. The van der Waals surface area contributed by atoms with Crippen LogP contribution in [0.4, 0.5) is 11.4 Å². The summed E-state index contributed by atoms with van der Waals surface area (Å²) in [6.07, 6.45) is 0. The Balaban J connectivity index is 2.00. The van der Waals surface area contributed by atoms with Crippen molar-refractivity contribution >= 4 is 23.1 Å². The van der Waals surface area contributed by atoms with Gasteiger partial charge in [-0.05, 0) is 31.2 Å². The first kappa shape index (κ1) is 13.9. The van der Waals surface area contributed by atoms with Crippen molar-refractivity contribution in [3.05, 3.63) is 53.4 Å². The van der Waals surface area contributed by atoms with E-state index in [2.05, 4.69) is 46.6 Å². The Morgan fingerprint density at radius 3 is 2.14 bits per heavy atom. The molecule has 0 saturated heterocycles. The van der Waals surface area contributed by atoms with Crippen molar-refractivity contribution in [1.29, 1.82) is 0 Å². The zero-order valence-corrected chi connectivity index (χ0v) is 12.9. The molecule has 0 saturated carbocycles. The molecule has 1 unspecified atom stereocenters. The van der Waals surface area contributed by atoms with Crippen molar-refractivity contribution in [3.8, 4) is 0 Å². The summed E-state index contributed by atoms with van der Waals surface area (Å²) in [7, 11) is 1.72. The van der Waals surface area contributed by atoms with Gasteiger partial charge in [0.25, 0.3) is 0 Å². The standard InChI is InChI=1S/C16H17N3OS/c1-12(18(2)17-20)11-19-13-7-3-5-9-15(13)21-16-10-6-4-8-14(16)19/h3-10,12H,11H2,1-2H3. The molecular weight excluding hydrogens is 282 g/mol. The summed E-state index contributed by atoms with van der Waals surface area (Å²) >= 11 is 1.79. The first-order valence-corrected chi connectivity index (χ1v) is 7.72. The van der Waals surface area contributed by atoms with Gasteiger partial charge in [-0.25, -0.2) is 0 Å². The van der Waals surface area contributed by atoms with E-state index in [4.69, 9.17) is 0 Å². The SMILES string of the molecule is CC(CN1c2ccccc2Sc2ccccc21)N(C)N=O. The highest BCUT2D eigenvalue weighted by Crippen LogP contribution is 2.47. The largest absolute Gasteiger partial charge is 0.337 e. The highest BCUT2D eigenvalue weighted by atomic mass is 32.2. The summed E-state index contributed by atoms with van der Waals surface area (Å²) in [5.74, 6) is 0. The molecule has 1 heterocycles. The first-order valence-electron chi connectivity index (χ1n) is 6.90. The molecule has 0 radical (unpaired) electrons. The van der Waals surface area contributed by atoms with Crippen LogP contribution in [-0.4, -0.2) is 24.6 Å². The van der Waals surface area contributed by atoms with Crippen molar-refractivity contribution in [2.24, 2.45) is 5.29 Å². The molecule has 5 heteroatoms. The number of anilines is 2. The van der Waals surface area contributed by atoms with Gasteiger partial charge in [0.1, 0.15) is 0 Å². The molecule has 0 bridgehead atoms. The van der Waals surface area contributed by atoms with Crippen molar-refractivity contribution in [2.45, 2.75) is 22.8 Å². The van der Waals surface area contributed by atoms with Gasteiger partial charge >= 0.3 is 0 Å². The first-order chi connectivity index (χ1) is 10.2. The molecule has 4 nitrogen and oxygen atoms in total. The number of hydrogen-bond donors (Lipinski definition) is 0. The normalized spacial score (nSPS) is 14.1. The zero-order chi connectivity index (χ0) is 14.8. The van der Waals surface area contributed by atoms with Crippen LogP contribution in [0.1, 0.15) is 6.92 Å². The molecule has 1 aliphatic rings. The lowest BCUT2D eigenvalue weighted by Crippen LogP contribution is -2.36. The lowest BCUT2D eigenvalue weighted by molar-refractivity contribution is 0.271. The van der Waals surface area contributed by atoms with Crippen LogP contribution < -0.4 is 4.90 Å². The molecule has 0 fully saturated rings. The third kappa shape index (κ3) is 2.61. The molecule has 0 N–H and O–H groups in total. The van der Waals surface area contributed by atoms with E-state index in [9.17, 15) is 4.91 Å². The summed E-state index contributed by atoms with van der Waals surface area (Å²) < 4.78 is 0. The Morgan fingerprint density at radius 2 is 1.62 bits per heavy atom. The van der Waals surface area contributed by atoms with Gasteiger partial charge < -0.3 is 4.90 Å². The topological polar surface area (TPSA) is 35.9 Å². The van der Waals surface area contributed by atoms with Gasteiger partial charge in [-0.1, -0.05) is 36.0 Å². The van der Waals surface area contributed by atoms with Crippen molar-refractivity contribution < 1.29 is 0 Å². The quantitative estimate of drug-likeness (QED) is 0.623. The van der Waals surface area contributed by atoms with Gasteiger partial charge in [-0.15, -0.1) is 4.91 Å². The van der Waals surface area contributed by atoms with E-state index in [1.165, 1.54) is 26.2 Å². The van der Waals surface area contributed by atoms with E-state index >= 15 is 0 Å². The van der Waals surface area contributed by atoms with E-state index < -0.39 is 0 Å². The second kappa shape index (κ2) is 5.77. The molecule has 0 spiro atoms. The third-order valence-electron chi connectivity index (χ3n) is 3.75.